The second kappa shape index (κ2) is 5.93. The van der Waals surface area contributed by atoms with Gasteiger partial charge < -0.3 is 10.6 Å². The monoisotopic (exact) mass is 295 g/mol. The van der Waals surface area contributed by atoms with Crippen molar-refractivity contribution < 1.29 is 8.42 Å². The minimum Gasteiger partial charge on any atom is -0.384 e. The molecule has 3 N–H and O–H groups in total. The van der Waals surface area contributed by atoms with Gasteiger partial charge in [-0.3, -0.25) is 5.41 Å². The number of benzene rings is 1. The Kier molecular flexibility index (Phi) is 4.45. The van der Waals surface area contributed by atoms with Crippen LogP contribution in [0.5, 0.6) is 0 Å². The van der Waals surface area contributed by atoms with Crippen LogP contribution in [0, 0.1) is 11.3 Å². The summed E-state index contributed by atoms with van der Waals surface area (Å²) in [6, 6.07) is 6.19. The highest BCUT2D eigenvalue weighted by atomic mass is 32.2. The van der Waals surface area contributed by atoms with Gasteiger partial charge in [0, 0.05) is 18.7 Å². The number of nitrogens with zero attached hydrogens (tertiary/aromatic N) is 1. The van der Waals surface area contributed by atoms with Crippen LogP contribution in [0.4, 0.5) is 0 Å². The zero-order valence-corrected chi connectivity index (χ0v) is 12.5. The molecule has 0 saturated heterocycles. The van der Waals surface area contributed by atoms with Crippen LogP contribution in [0.3, 0.4) is 0 Å². The third kappa shape index (κ3) is 4.05. The van der Waals surface area contributed by atoms with E-state index < -0.39 is 9.84 Å². The molecule has 1 aliphatic carbocycles. The van der Waals surface area contributed by atoms with Gasteiger partial charge in [0.15, 0.2) is 9.84 Å². The molecule has 0 heterocycles. The Balaban J connectivity index is 1.96. The summed E-state index contributed by atoms with van der Waals surface area (Å²) in [6.45, 7) is 1.53. The summed E-state index contributed by atoms with van der Waals surface area (Å²) >= 11 is 0. The molecule has 2 rings (SSSR count). The average molecular weight is 295 g/mol. The lowest BCUT2D eigenvalue weighted by Gasteiger charge is -2.16. The molecule has 20 heavy (non-hydrogen) atoms. The lowest BCUT2D eigenvalue weighted by Crippen LogP contribution is -2.27. The number of nitrogen functional groups attached to an aromatic ring is 1. The average Bonchev–Trinajstić information content (AvgIpc) is 3.20. The molecule has 1 aliphatic rings. The number of amidine groups is 1. The van der Waals surface area contributed by atoms with E-state index >= 15 is 0 Å². The smallest absolute Gasteiger partial charge is 0.179 e. The lowest BCUT2D eigenvalue weighted by molar-refractivity contribution is 0.338. The van der Waals surface area contributed by atoms with Gasteiger partial charge in [-0.2, -0.15) is 0 Å². The van der Waals surface area contributed by atoms with Gasteiger partial charge in [-0.1, -0.05) is 12.1 Å². The molecule has 0 radical (unpaired) electrons. The summed E-state index contributed by atoms with van der Waals surface area (Å²) in [6.07, 6.45) is 2.53. The van der Waals surface area contributed by atoms with E-state index in [1.807, 2.05) is 7.05 Å². The summed E-state index contributed by atoms with van der Waals surface area (Å²) in [5.74, 6) is 0.825. The zero-order chi connectivity index (χ0) is 14.8. The van der Waals surface area contributed by atoms with Crippen LogP contribution >= 0.6 is 0 Å². The quantitative estimate of drug-likeness (QED) is 0.582. The second-order valence-electron chi connectivity index (χ2n) is 5.46. The maximum atomic E-state index is 12.2. The molecule has 5 nitrogen and oxygen atoms in total. The molecular formula is C14H21N3O2S. The van der Waals surface area contributed by atoms with E-state index in [0.717, 1.165) is 12.5 Å². The Morgan fingerprint density at radius 3 is 2.45 bits per heavy atom. The van der Waals surface area contributed by atoms with E-state index in [9.17, 15) is 8.42 Å². The first-order valence-corrected chi connectivity index (χ1v) is 8.39. The minimum atomic E-state index is -3.27. The zero-order valence-electron chi connectivity index (χ0n) is 11.7. The second-order valence-corrected chi connectivity index (χ2v) is 7.57. The summed E-state index contributed by atoms with van der Waals surface area (Å²) < 4.78 is 24.4. The normalized spacial score (nSPS) is 15.5. The van der Waals surface area contributed by atoms with Gasteiger partial charge in [0.1, 0.15) is 5.84 Å². The molecule has 1 aromatic carbocycles. The highest BCUT2D eigenvalue weighted by Crippen LogP contribution is 2.29. The number of rotatable bonds is 7. The molecule has 1 aromatic rings. The van der Waals surface area contributed by atoms with Crippen molar-refractivity contribution in [2.45, 2.75) is 17.7 Å². The Bertz CT molecular complexity index is 577. The van der Waals surface area contributed by atoms with Crippen LogP contribution in [-0.4, -0.2) is 45.0 Å². The van der Waals surface area contributed by atoms with Gasteiger partial charge in [0.05, 0.1) is 10.6 Å². The maximum Gasteiger partial charge on any atom is 0.179 e. The molecule has 110 valence electrons. The SMILES string of the molecule is CN(CCS(=O)(=O)c1ccc(C(=N)N)cc1)CC1CC1. The Hall–Kier alpha value is -1.40. The van der Waals surface area contributed by atoms with Gasteiger partial charge in [0.2, 0.25) is 0 Å². The number of nitrogens with one attached hydrogen (secondary N) is 1. The van der Waals surface area contributed by atoms with Gasteiger partial charge in [0.25, 0.3) is 0 Å². The van der Waals surface area contributed by atoms with Crippen molar-refractivity contribution >= 4 is 15.7 Å². The first kappa shape index (κ1) is 15.0. The largest absolute Gasteiger partial charge is 0.384 e. The molecule has 0 amide bonds. The van der Waals surface area contributed by atoms with Crippen LogP contribution in [0.2, 0.25) is 0 Å². The van der Waals surface area contributed by atoms with E-state index in [0.29, 0.717) is 17.0 Å². The van der Waals surface area contributed by atoms with Gasteiger partial charge in [-0.15, -0.1) is 0 Å². The van der Waals surface area contributed by atoms with Crippen LogP contribution in [0.25, 0.3) is 0 Å². The summed E-state index contributed by atoms with van der Waals surface area (Å²) in [7, 11) is -1.30. The van der Waals surface area contributed by atoms with Crippen LogP contribution < -0.4 is 5.73 Å². The minimum absolute atomic E-state index is 0.0573. The Labute approximate surface area is 120 Å². The highest BCUT2D eigenvalue weighted by Gasteiger charge is 2.23. The Morgan fingerprint density at radius 1 is 1.35 bits per heavy atom. The van der Waals surface area contributed by atoms with Gasteiger partial charge in [-0.25, -0.2) is 8.42 Å². The molecule has 1 fully saturated rings. The standard InChI is InChI=1S/C14H21N3O2S/c1-17(10-11-2-3-11)8-9-20(18,19)13-6-4-12(5-7-13)14(15)16/h4-7,11H,2-3,8-10H2,1H3,(H3,15,16). The number of sulfone groups is 1. The van der Waals surface area contributed by atoms with Crippen molar-refractivity contribution in [1.29, 1.82) is 5.41 Å². The summed E-state index contributed by atoms with van der Waals surface area (Å²) in [5.41, 5.74) is 5.89. The maximum absolute atomic E-state index is 12.2. The van der Waals surface area contributed by atoms with E-state index in [-0.39, 0.29) is 11.6 Å². The molecule has 0 atom stereocenters. The van der Waals surface area contributed by atoms with Crippen LogP contribution in [-0.2, 0) is 9.84 Å². The predicted molar refractivity (Wildman–Crippen MR) is 79.7 cm³/mol. The van der Waals surface area contributed by atoms with Crippen molar-refractivity contribution in [2.75, 3.05) is 25.9 Å². The molecule has 0 unspecified atom stereocenters. The first-order chi connectivity index (χ1) is 9.38. The van der Waals surface area contributed by atoms with E-state index in [1.165, 1.54) is 25.0 Å². The number of nitrogens with two attached hydrogens (primary N) is 1. The van der Waals surface area contributed by atoms with E-state index in [2.05, 4.69) is 4.90 Å². The van der Waals surface area contributed by atoms with Crippen LogP contribution in [0.1, 0.15) is 18.4 Å². The summed E-state index contributed by atoms with van der Waals surface area (Å²) in [5, 5.41) is 7.29. The fourth-order valence-electron chi connectivity index (χ4n) is 2.07. The molecule has 0 spiro atoms. The topological polar surface area (TPSA) is 87.2 Å². The molecular weight excluding hydrogens is 274 g/mol. The van der Waals surface area contributed by atoms with Gasteiger partial charge >= 0.3 is 0 Å². The molecule has 0 aliphatic heterocycles. The molecule has 1 saturated carbocycles. The molecule has 0 aromatic heterocycles. The fourth-order valence-corrected chi connectivity index (χ4v) is 3.41. The fraction of sp³-hybridized carbons (Fsp3) is 0.500. The highest BCUT2D eigenvalue weighted by molar-refractivity contribution is 7.91. The van der Waals surface area contributed by atoms with Crippen molar-refractivity contribution in [3.8, 4) is 0 Å². The van der Waals surface area contributed by atoms with Crippen molar-refractivity contribution in [2.24, 2.45) is 11.7 Å². The molecule has 6 heteroatoms. The molecule has 0 bridgehead atoms. The summed E-state index contributed by atoms with van der Waals surface area (Å²) in [4.78, 5) is 2.38. The van der Waals surface area contributed by atoms with Crippen molar-refractivity contribution in [3.05, 3.63) is 29.8 Å². The Morgan fingerprint density at radius 2 is 1.95 bits per heavy atom. The third-order valence-electron chi connectivity index (χ3n) is 3.53. The number of hydrogen-bond acceptors (Lipinski definition) is 4. The van der Waals surface area contributed by atoms with Gasteiger partial charge in [-0.05, 0) is 37.9 Å². The van der Waals surface area contributed by atoms with E-state index in [1.54, 1.807) is 12.1 Å². The van der Waals surface area contributed by atoms with Crippen molar-refractivity contribution in [1.82, 2.24) is 4.90 Å². The first-order valence-electron chi connectivity index (χ1n) is 6.74. The number of hydrogen-bond donors (Lipinski definition) is 2. The third-order valence-corrected chi connectivity index (χ3v) is 5.24. The van der Waals surface area contributed by atoms with E-state index in [4.69, 9.17) is 11.1 Å². The predicted octanol–water partition coefficient (Wildman–Crippen LogP) is 1.09. The van der Waals surface area contributed by atoms with Crippen molar-refractivity contribution in [3.63, 3.8) is 0 Å². The lowest BCUT2D eigenvalue weighted by atomic mass is 10.2. The van der Waals surface area contributed by atoms with Crippen LogP contribution in [0.15, 0.2) is 29.2 Å².